The maximum absolute atomic E-state index is 12.1. The number of aromatic nitrogens is 2. The van der Waals surface area contributed by atoms with Crippen molar-refractivity contribution in [2.45, 2.75) is 53.6 Å². The van der Waals surface area contributed by atoms with Gasteiger partial charge < -0.3 is 9.72 Å². The van der Waals surface area contributed by atoms with Gasteiger partial charge in [-0.2, -0.15) is 0 Å². The van der Waals surface area contributed by atoms with E-state index >= 15 is 0 Å². The van der Waals surface area contributed by atoms with Crippen LogP contribution in [0, 0.1) is 12.3 Å². The minimum absolute atomic E-state index is 0.0567. The molecule has 1 N–H and O–H groups in total. The second-order valence-electron chi connectivity index (χ2n) is 6.09. The Morgan fingerprint density at radius 2 is 1.83 bits per heavy atom. The molecule has 0 aromatic carbocycles. The summed E-state index contributed by atoms with van der Waals surface area (Å²) in [5.41, 5.74) is 1.37. The van der Waals surface area contributed by atoms with E-state index in [1.165, 1.54) is 0 Å². The van der Waals surface area contributed by atoms with E-state index in [9.17, 15) is 4.79 Å². The van der Waals surface area contributed by atoms with Gasteiger partial charge in [0.05, 0.1) is 0 Å². The molecule has 0 bridgehead atoms. The third-order valence-electron chi connectivity index (χ3n) is 3.01. The molecule has 0 amide bonds. The van der Waals surface area contributed by atoms with Crippen LogP contribution in [-0.4, -0.2) is 17.1 Å². The van der Waals surface area contributed by atoms with Crippen LogP contribution in [0.5, 0.6) is 0 Å². The fourth-order valence-corrected chi connectivity index (χ4v) is 2.30. The predicted octanol–water partition coefficient (Wildman–Crippen LogP) is 2.94. The van der Waals surface area contributed by atoms with Gasteiger partial charge in [0.2, 0.25) is 0 Å². The van der Waals surface area contributed by atoms with E-state index in [4.69, 9.17) is 4.74 Å². The summed E-state index contributed by atoms with van der Waals surface area (Å²) in [6, 6.07) is 0. The molecule has 4 nitrogen and oxygen atoms in total. The number of aryl methyl sites for hydroxylation is 1. The largest absolute Gasteiger partial charge is 0.373 e. The normalized spacial score (nSPS) is 14.0. The predicted molar refractivity (Wildman–Crippen MR) is 72.9 cm³/mol. The molecule has 1 heterocycles. The van der Waals surface area contributed by atoms with E-state index in [-0.39, 0.29) is 23.0 Å². The number of aromatic amines is 1. The molecule has 0 saturated carbocycles. The Balaban J connectivity index is 3.33. The third-order valence-corrected chi connectivity index (χ3v) is 3.01. The van der Waals surface area contributed by atoms with Gasteiger partial charge >= 0.3 is 0 Å². The summed E-state index contributed by atoms with van der Waals surface area (Å²) in [6.07, 6.45) is -0.217. The standard InChI is InChI=1S/C14H24N2O2/c1-8(2)10-9(3)15-12(16-13(10)17)11(18-7)14(4,5)6/h8,11H,1-7H3,(H,15,16,17). The molecule has 102 valence electrons. The fraction of sp³-hybridized carbons (Fsp3) is 0.714. The number of H-pyrrole nitrogens is 1. The van der Waals surface area contributed by atoms with Crippen molar-refractivity contribution in [3.8, 4) is 0 Å². The lowest BCUT2D eigenvalue weighted by molar-refractivity contribution is 0.00832. The Bertz CT molecular complexity index is 470. The summed E-state index contributed by atoms with van der Waals surface area (Å²) >= 11 is 0. The van der Waals surface area contributed by atoms with Gasteiger partial charge in [0.15, 0.2) is 0 Å². The molecule has 1 aromatic heterocycles. The molecule has 0 aliphatic carbocycles. The van der Waals surface area contributed by atoms with E-state index in [2.05, 4.69) is 30.7 Å². The van der Waals surface area contributed by atoms with Gasteiger partial charge in [-0.25, -0.2) is 4.98 Å². The number of ether oxygens (including phenoxy) is 1. The van der Waals surface area contributed by atoms with Crippen LogP contribution in [0.1, 0.15) is 63.7 Å². The van der Waals surface area contributed by atoms with Crippen molar-refractivity contribution < 1.29 is 4.74 Å². The minimum atomic E-state index is -0.217. The summed E-state index contributed by atoms with van der Waals surface area (Å²) < 4.78 is 5.48. The summed E-state index contributed by atoms with van der Waals surface area (Å²) in [7, 11) is 1.64. The molecule has 4 heteroatoms. The summed E-state index contributed by atoms with van der Waals surface area (Å²) in [5.74, 6) is 0.780. The zero-order valence-corrected chi connectivity index (χ0v) is 12.4. The molecule has 0 spiro atoms. The topological polar surface area (TPSA) is 55.0 Å². The molecule has 18 heavy (non-hydrogen) atoms. The van der Waals surface area contributed by atoms with Crippen LogP contribution < -0.4 is 5.56 Å². The van der Waals surface area contributed by atoms with Crippen LogP contribution in [0.3, 0.4) is 0 Å². The lowest BCUT2D eigenvalue weighted by Gasteiger charge is -2.28. The third kappa shape index (κ3) is 2.99. The quantitative estimate of drug-likeness (QED) is 0.899. The van der Waals surface area contributed by atoms with Gasteiger partial charge in [0, 0.05) is 18.4 Å². The highest BCUT2D eigenvalue weighted by Crippen LogP contribution is 2.33. The molecule has 1 aromatic rings. The maximum Gasteiger partial charge on any atom is 0.254 e. The smallest absolute Gasteiger partial charge is 0.254 e. The van der Waals surface area contributed by atoms with E-state index < -0.39 is 0 Å². The van der Waals surface area contributed by atoms with Crippen molar-refractivity contribution in [3.05, 3.63) is 27.4 Å². The number of hydrogen-bond acceptors (Lipinski definition) is 3. The second kappa shape index (κ2) is 5.22. The number of nitrogens with one attached hydrogen (secondary N) is 1. The second-order valence-corrected chi connectivity index (χ2v) is 6.09. The van der Waals surface area contributed by atoms with Crippen molar-refractivity contribution in [1.29, 1.82) is 0 Å². The molecule has 0 radical (unpaired) electrons. The van der Waals surface area contributed by atoms with E-state index in [1.54, 1.807) is 7.11 Å². The average molecular weight is 252 g/mol. The molecular weight excluding hydrogens is 228 g/mol. The van der Waals surface area contributed by atoms with Gasteiger partial charge in [-0.1, -0.05) is 34.6 Å². The van der Waals surface area contributed by atoms with E-state index in [0.29, 0.717) is 5.82 Å². The van der Waals surface area contributed by atoms with Crippen LogP contribution in [-0.2, 0) is 4.74 Å². The van der Waals surface area contributed by atoms with Crippen LogP contribution in [0.2, 0.25) is 0 Å². The maximum atomic E-state index is 12.1. The van der Waals surface area contributed by atoms with Crippen molar-refractivity contribution in [1.82, 2.24) is 9.97 Å². The SMILES string of the molecule is COC(c1nc(C)c(C(C)C)c(=O)[nH]1)C(C)(C)C. The van der Waals surface area contributed by atoms with E-state index in [1.807, 2.05) is 20.8 Å². The molecular formula is C14H24N2O2. The number of methoxy groups -OCH3 is 1. The van der Waals surface area contributed by atoms with Crippen molar-refractivity contribution in [3.63, 3.8) is 0 Å². The van der Waals surface area contributed by atoms with Crippen LogP contribution in [0.25, 0.3) is 0 Å². The molecule has 1 unspecified atom stereocenters. The monoisotopic (exact) mass is 252 g/mol. The molecule has 1 atom stereocenters. The first kappa shape index (κ1) is 14.9. The lowest BCUT2D eigenvalue weighted by atomic mass is 9.88. The Morgan fingerprint density at radius 3 is 2.17 bits per heavy atom. The Labute approximate surface area is 109 Å². The van der Waals surface area contributed by atoms with Gasteiger partial charge in [-0.3, -0.25) is 4.79 Å². The lowest BCUT2D eigenvalue weighted by Crippen LogP contribution is -2.27. The van der Waals surface area contributed by atoms with Crippen molar-refractivity contribution >= 4 is 0 Å². The van der Waals surface area contributed by atoms with Gasteiger partial charge in [0.1, 0.15) is 11.9 Å². The van der Waals surface area contributed by atoms with Crippen molar-refractivity contribution in [2.75, 3.05) is 7.11 Å². The van der Waals surface area contributed by atoms with Crippen molar-refractivity contribution in [2.24, 2.45) is 5.41 Å². The number of nitrogens with zero attached hydrogens (tertiary/aromatic N) is 1. The summed E-state index contributed by atoms with van der Waals surface area (Å²) in [4.78, 5) is 19.5. The first-order chi connectivity index (χ1) is 8.18. The average Bonchev–Trinajstić information content (AvgIpc) is 2.13. The van der Waals surface area contributed by atoms with Gasteiger partial charge in [0.25, 0.3) is 5.56 Å². The number of rotatable bonds is 3. The highest BCUT2D eigenvalue weighted by Gasteiger charge is 2.29. The Hall–Kier alpha value is -1.16. The zero-order chi connectivity index (χ0) is 14.1. The van der Waals surface area contributed by atoms with Crippen LogP contribution >= 0.6 is 0 Å². The minimum Gasteiger partial charge on any atom is -0.373 e. The highest BCUT2D eigenvalue weighted by molar-refractivity contribution is 5.20. The molecule has 1 rings (SSSR count). The van der Waals surface area contributed by atoms with Gasteiger partial charge in [-0.15, -0.1) is 0 Å². The Kier molecular flexibility index (Phi) is 4.32. The van der Waals surface area contributed by atoms with E-state index in [0.717, 1.165) is 11.3 Å². The van der Waals surface area contributed by atoms with Gasteiger partial charge in [-0.05, 0) is 18.3 Å². The summed E-state index contributed by atoms with van der Waals surface area (Å²) in [5, 5.41) is 0. The highest BCUT2D eigenvalue weighted by atomic mass is 16.5. The first-order valence-corrected chi connectivity index (χ1v) is 6.32. The molecule has 0 aliphatic heterocycles. The fourth-order valence-electron chi connectivity index (χ4n) is 2.30. The summed E-state index contributed by atoms with van der Waals surface area (Å²) in [6.45, 7) is 12.1. The number of hydrogen-bond donors (Lipinski definition) is 1. The zero-order valence-electron chi connectivity index (χ0n) is 12.4. The Morgan fingerprint density at radius 1 is 1.28 bits per heavy atom. The van der Waals surface area contributed by atoms with Crippen LogP contribution in [0.15, 0.2) is 4.79 Å². The molecule has 0 saturated heterocycles. The molecule has 0 fully saturated rings. The first-order valence-electron chi connectivity index (χ1n) is 6.32. The van der Waals surface area contributed by atoms with Crippen LogP contribution in [0.4, 0.5) is 0 Å². The molecule has 0 aliphatic rings.